The Hall–Kier alpha value is -3.77. The Labute approximate surface area is 185 Å². The lowest BCUT2D eigenvalue weighted by molar-refractivity contribution is 0.0601. The van der Waals surface area contributed by atoms with E-state index in [9.17, 15) is 9.90 Å². The van der Waals surface area contributed by atoms with Crippen LogP contribution < -0.4 is 9.64 Å². The number of fused-ring (bicyclic) bond motifs is 1. The Bertz CT molecular complexity index is 1250. The van der Waals surface area contributed by atoms with E-state index in [0.29, 0.717) is 18.7 Å². The highest BCUT2D eigenvalue weighted by atomic mass is 16.5. The second kappa shape index (κ2) is 8.40. The number of anilines is 1. The van der Waals surface area contributed by atoms with Gasteiger partial charge in [0.1, 0.15) is 17.4 Å². The van der Waals surface area contributed by atoms with Crippen molar-refractivity contribution in [3.05, 3.63) is 84.1 Å². The van der Waals surface area contributed by atoms with Crippen LogP contribution in [-0.2, 0) is 11.3 Å². The van der Waals surface area contributed by atoms with Crippen LogP contribution in [0, 0.1) is 0 Å². The first-order chi connectivity index (χ1) is 15.7. The van der Waals surface area contributed by atoms with E-state index in [1.807, 2.05) is 60.7 Å². The summed E-state index contributed by atoms with van der Waals surface area (Å²) in [6.07, 6.45) is 1.70. The van der Waals surface area contributed by atoms with Gasteiger partial charge in [0.25, 0.3) is 0 Å². The molecule has 32 heavy (non-hydrogen) atoms. The summed E-state index contributed by atoms with van der Waals surface area (Å²) in [5.41, 5.74) is 4.81. The molecule has 1 N–H and O–H groups in total. The summed E-state index contributed by atoms with van der Waals surface area (Å²) in [5.74, 6) is 0.400. The van der Waals surface area contributed by atoms with Gasteiger partial charge in [-0.1, -0.05) is 30.3 Å². The number of esters is 1. The number of methoxy groups -OCH3 is 1. The number of hydrogen-bond acceptors (Lipinski definition) is 6. The lowest BCUT2D eigenvalue weighted by Crippen LogP contribution is -2.54. The molecule has 1 fully saturated rings. The third-order valence-electron chi connectivity index (χ3n) is 5.79. The Morgan fingerprint density at radius 3 is 2.66 bits per heavy atom. The van der Waals surface area contributed by atoms with E-state index in [1.165, 1.54) is 7.11 Å². The molecule has 5 rings (SSSR count). The van der Waals surface area contributed by atoms with E-state index in [-0.39, 0.29) is 18.7 Å². The summed E-state index contributed by atoms with van der Waals surface area (Å²) in [7, 11) is 1.39. The summed E-state index contributed by atoms with van der Waals surface area (Å²) in [6.45, 7) is 1.41. The Kier molecular flexibility index (Phi) is 5.29. The number of carbonyl (C=O) groups excluding carboxylic acids is 1. The van der Waals surface area contributed by atoms with Gasteiger partial charge >= 0.3 is 5.97 Å². The van der Waals surface area contributed by atoms with Crippen molar-refractivity contribution in [1.29, 1.82) is 0 Å². The van der Waals surface area contributed by atoms with E-state index in [0.717, 1.165) is 39.1 Å². The molecule has 0 amide bonds. The van der Waals surface area contributed by atoms with Crippen molar-refractivity contribution < 1.29 is 23.8 Å². The molecular weight excluding hydrogens is 406 g/mol. The number of nitrogens with zero attached hydrogens (tertiary/aromatic N) is 1. The van der Waals surface area contributed by atoms with Crippen LogP contribution in [0.15, 0.2) is 77.4 Å². The minimum atomic E-state index is -0.376. The van der Waals surface area contributed by atoms with E-state index in [2.05, 4.69) is 4.90 Å². The van der Waals surface area contributed by atoms with E-state index >= 15 is 0 Å². The number of rotatable bonds is 6. The fraction of sp³-hybridized carbons (Fsp3) is 0.192. The second-order valence-electron chi connectivity index (χ2n) is 7.81. The van der Waals surface area contributed by atoms with Crippen molar-refractivity contribution in [2.45, 2.75) is 12.7 Å². The van der Waals surface area contributed by atoms with Crippen LogP contribution in [0.5, 0.6) is 5.75 Å². The lowest BCUT2D eigenvalue weighted by atomic mass is 9.94. The molecule has 0 aliphatic carbocycles. The van der Waals surface area contributed by atoms with Gasteiger partial charge < -0.3 is 23.9 Å². The fourth-order valence-electron chi connectivity index (χ4n) is 4.07. The summed E-state index contributed by atoms with van der Waals surface area (Å²) in [6, 6.07) is 21.0. The standard InChI is InChI=1S/C26H23NO5/c1-30-26(29)22-3-2-4-23(25(22)19-8-7-18-11-12-31-24(18)13-19)27-14-21(15-27)32-20-9-5-17(16-28)6-10-20/h2-13,21,28H,14-16H2,1H3. The molecule has 0 spiro atoms. The molecular formula is C26H23NO5. The molecule has 0 saturated carbocycles. The molecule has 1 saturated heterocycles. The highest BCUT2D eigenvalue weighted by molar-refractivity contribution is 6.02. The summed E-state index contributed by atoms with van der Waals surface area (Å²) >= 11 is 0. The molecule has 4 aromatic rings. The van der Waals surface area contributed by atoms with Gasteiger partial charge in [0.2, 0.25) is 0 Å². The molecule has 0 atom stereocenters. The van der Waals surface area contributed by atoms with Crippen molar-refractivity contribution >= 4 is 22.6 Å². The summed E-state index contributed by atoms with van der Waals surface area (Å²) in [4.78, 5) is 14.7. The SMILES string of the molecule is COC(=O)c1cccc(N2CC(Oc3ccc(CO)cc3)C2)c1-c1ccc2ccoc2c1. The molecule has 1 aromatic heterocycles. The summed E-state index contributed by atoms with van der Waals surface area (Å²) < 4.78 is 16.7. The second-order valence-corrected chi connectivity index (χ2v) is 7.81. The molecule has 1 aliphatic rings. The first-order valence-corrected chi connectivity index (χ1v) is 10.5. The minimum absolute atomic E-state index is 0.0145. The van der Waals surface area contributed by atoms with Gasteiger partial charge in [-0.15, -0.1) is 0 Å². The third kappa shape index (κ3) is 3.69. The Morgan fingerprint density at radius 2 is 1.91 bits per heavy atom. The average Bonchev–Trinajstić information content (AvgIpc) is 3.28. The topological polar surface area (TPSA) is 72.1 Å². The normalized spacial score (nSPS) is 13.8. The zero-order chi connectivity index (χ0) is 22.1. The predicted molar refractivity (Wildman–Crippen MR) is 122 cm³/mol. The number of ether oxygens (including phenoxy) is 2. The molecule has 2 heterocycles. The molecule has 0 bridgehead atoms. The smallest absolute Gasteiger partial charge is 0.338 e. The average molecular weight is 429 g/mol. The largest absolute Gasteiger partial charge is 0.487 e. The fourth-order valence-corrected chi connectivity index (χ4v) is 4.07. The van der Waals surface area contributed by atoms with Gasteiger partial charge in [-0.3, -0.25) is 0 Å². The molecule has 0 radical (unpaired) electrons. The molecule has 1 aliphatic heterocycles. The summed E-state index contributed by atoms with van der Waals surface area (Å²) in [5, 5.41) is 10.2. The van der Waals surface area contributed by atoms with E-state index in [4.69, 9.17) is 13.9 Å². The highest BCUT2D eigenvalue weighted by Gasteiger charge is 2.32. The van der Waals surface area contributed by atoms with Gasteiger partial charge in [0.15, 0.2) is 0 Å². The van der Waals surface area contributed by atoms with Crippen LogP contribution in [0.2, 0.25) is 0 Å². The number of benzene rings is 3. The number of hydrogen-bond donors (Lipinski definition) is 1. The van der Waals surface area contributed by atoms with Crippen LogP contribution in [-0.4, -0.2) is 37.4 Å². The number of furan rings is 1. The minimum Gasteiger partial charge on any atom is -0.487 e. The maximum Gasteiger partial charge on any atom is 0.338 e. The molecule has 162 valence electrons. The Balaban J connectivity index is 1.43. The van der Waals surface area contributed by atoms with Gasteiger partial charge in [0, 0.05) is 16.6 Å². The highest BCUT2D eigenvalue weighted by Crippen LogP contribution is 2.38. The monoisotopic (exact) mass is 429 g/mol. The molecule has 6 heteroatoms. The van der Waals surface area contributed by atoms with Crippen LogP contribution in [0.3, 0.4) is 0 Å². The first-order valence-electron chi connectivity index (χ1n) is 10.5. The maximum absolute atomic E-state index is 12.6. The molecule has 0 unspecified atom stereocenters. The van der Waals surface area contributed by atoms with Gasteiger partial charge in [-0.25, -0.2) is 4.79 Å². The van der Waals surface area contributed by atoms with Gasteiger partial charge in [0.05, 0.1) is 38.6 Å². The predicted octanol–water partition coefficient (Wildman–Crippen LogP) is 4.65. The number of carbonyl (C=O) groups is 1. The van der Waals surface area contributed by atoms with Gasteiger partial charge in [-0.2, -0.15) is 0 Å². The Morgan fingerprint density at radius 1 is 1.09 bits per heavy atom. The quantitative estimate of drug-likeness (QED) is 0.450. The van der Waals surface area contributed by atoms with Crippen molar-refractivity contribution in [2.75, 3.05) is 25.1 Å². The first kappa shape index (κ1) is 20.2. The van der Waals surface area contributed by atoms with Crippen LogP contribution in [0.4, 0.5) is 5.69 Å². The van der Waals surface area contributed by atoms with Crippen LogP contribution in [0.1, 0.15) is 15.9 Å². The van der Waals surface area contributed by atoms with Crippen LogP contribution >= 0.6 is 0 Å². The van der Waals surface area contributed by atoms with E-state index < -0.39 is 0 Å². The van der Waals surface area contributed by atoms with Crippen molar-refractivity contribution in [3.8, 4) is 16.9 Å². The van der Waals surface area contributed by atoms with Crippen molar-refractivity contribution in [2.24, 2.45) is 0 Å². The maximum atomic E-state index is 12.6. The van der Waals surface area contributed by atoms with Crippen LogP contribution in [0.25, 0.3) is 22.1 Å². The molecule has 3 aromatic carbocycles. The third-order valence-corrected chi connectivity index (χ3v) is 5.79. The van der Waals surface area contributed by atoms with Gasteiger partial charge in [-0.05, 0) is 47.5 Å². The zero-order valence-corrected chi connectivity index (χ0v) is 17.7. The molecule has 6 nitrogen and oxygen atoms in total. The van der Waals surface area contributed by atoms with E-state index in [1.54, 1.807) is 12.3 Å². The number of aliphatic hydroxyl groups is 1. The lowest BCUT2D eigenvalue weighted by Gasteiger charge is -2.41. The van der Waals surface area contributed by atoms with Crippen molar-refractivity contribution in [1.82, 2.24) is 0 Å². The number of aliphatic hydroxyl groups excluding tert-OH is 1. The zero-order valence-electron chi connectivity index (χ0n) is 17.7. The van der Waals surface area contributed by atoms with Crippen molar-refractivity contribution in [3.63, 3.8) is 0 Å².